The first-order valence-corrected chi connectivity index (χ1v) is 7.47. The van der Waals surface area contributed by atoms with Gasteiger partial charge in [0, 0.05) is 6.42 Å². The number of nitrogens with zero attached hydrogens (tertiary/aromatic N) is 2. The van der Waals surface area contributed by atoms with E-state index in [0.717, 1.165) is 11.1 Å². The molecule has 21 heavy (non-hydrogen) atoms. The topological polar surface area (TPSA) is 8.81 Å². The van der Waals surface area contributed by atoms with Gasteiger partial charge in [0.05, 0.1) is 18.0 Å². The fraction of sp³-hybridized carbons (Fsp3) is 0.471. The van der Waals surface area contributed by atoms with Crippen LogP contribution >= 0.6 is 0 Å². The van der Waals surface area contributed by atoms with Gasteiger partial charge in [-0.05, 0) is 25.0 Å². The van der Waals surface area contributed by atoms with Gasteiger partial charge in [-0.2, -0.15) is 13.3 Å². The van der Waals surface area contributed by atoms with Crippen LogP contribution in [0.5, 0.6) is 0 Å². The summed E-state index contributed by atoms with van der Waals surface area (Å²) >= 11 is 0. The highest BCUT2D eigenvalue weighted by atomic mass is 19.1. The van der Waals surface area contributed by atoms with Crippen molar-refractivity contribution in [3.8, 4) is 11.4 Å². The summed E-state index contributed by atoms with van der Waals surface area (Å²) in [7, 11) is 1.64. The summed E-state index contributed by atoms with van der Waals surface area (Å²) in [6.07, 6.45) is 2.24. The number of hydrogen-bond acceptors (Lipinski definition) is 0. The van der Waals surface area contributed by atoms with Crippen molar-refractivity contribution in [1.82, 2.24) is 4.57 Å². The zero-order chi connectivity index (χ0) is 15.4. The Hall–Kier alpha value is -1.71. The molecule has 1 aromatic heterocycles. The molecule has 1 aliphatic rings. The minimum absolute atomic E-state index is 0.298. The summed E-state index contributed by atoms with van der Waals surface area (Å²) in [5.74, 6) is -1.46. The van der Waals surface area contributed by atoms with Crippen molar-refractivity contribution in [2.75, 3.05) is 0 Å². The van der Waals surface area contributed by atoms with E-state index in [1.807, 2.05) is 45.0 Å². The minimum Gasteiger partial charge on any atom is -0.202 e. The SMILES string of the molecule is CCC1(C)c2ccccc2-c2n(C)c(F)c[n+]2[C@]1(F)CC. The second-order valence-electron chi connectivity index (χ2n) is 6.05. The van der Waals surface area contributed by atoms with Gasteiger partial charge in [-0.1, -0.05) is 32.0 Å². The molecule has 2 heterocycles. The molecular formula is C17H21F2N2+. The van der Waals surface area contributed by atoms with Crippen LogP contribution in [-0.4, -0.2) is 4.57 Å². The number of halogens is 2. The zero-order valence-electron chi connectivity index (χ0n) is 13.0. The minimum atomic E-state index is -1.63. The Morgan fingerprint density at radius 1 is 1.19 bits per heavy atom. The van der Waals surface area contributed by atoms with Crippen molar-refractivity contribution >= 4 is 0 Å². The Labute approximate surface area is 124 Å². The van der Waals surface area contributed by atoms with Crippen LogP contribution in [0, 0.1) is 5.95 Å². The van der Waals surface area contributed by atoms with E-state index >= 15 is 4.39 Å². The summed E-state index contributed by atoms with van der Waals surface area (Å²) in [6, 6.07) is 7.76. The molecule has 0 spiro atoms. The lowest BCUT2D eigenvalue weighted by atomic mass is 9.67. The molecule has 0 saturated carbocycles. The number of imidazole rings is 1. The fourth-order valence-corrected chi connectivity index (χ4v) is 3.75. The molecule has 3 rings (SSSR count). The van der Waals surface area contributed by atoms with Crippen molar-refractivity contribution in [2.45, 2.75) is 44.8 Å². The van der Waals surface area contributed by atoms with E-state index in [0.29, 0.717) is 18.7 Å². The van der Waals surface area contributed by atoms with E-state index in [2.05, 4.69) is 0 Å². The van der Waals surface area contributed by atoms with Gasteiger partial charge in [0.1, 0.15) is 0 Å². The lowest BCUT2D eigenvalue weighted by molar-refractivity contribution is -0.798. The van der Waals surface area contributed by atoms with Crippen molar-refractivity contribution in [3.05, 3.63) is 42.0 Å². The smallest absolute Gasteiger partial charge is 0.202 e. The van der Waals surface area contributed by atoms with Crippen molar-refractivity contribution in [3.63, 3.8) is 0 Å². The maximum Gasteiger partial charge on any atom is 0.317 e. The van der Waals surface area contributed by atoms with Gasteiger partial charge in [-0.3, -0.25) is 0 Å². The van der Waals surface area contributed by atoms with Gasteiger partial charge in [-0.15, -0.1) is 0 Å². The maximum atomic E-state index is 16.0. The Morgan fingerprint density at radius 2 is 1.86 bits per heavy atom. The molecule has 1 unspecified atom stereocenters. The van der Waals surface area contributed by atoms with Crippen LogP contribution < -0.4 is 4.57 Å². The molecular weight excluding hydrogens is 270 g/mol. The molecule has 1 aromatic carbocycles. The normalized spacial score (nSPS) is 27.3. The molecule has 2 atom stereocenters. The van der Waals surface area contributed by atoms with Gasteiger partial charge in [0.15, 0.2) is 6.20 Å². The maximum absolute atomic E-state index is 16.0. The average Bonchev–Trinajstić information content (AvgIpc) is 2.81. The lowest BCUT2D eigenvalue weighted by Crippen LogP contribution is -2.66. The Bertz CT molecular complexity index is 707. The second kappa shape index (κ2) is 4.39. The van der Waals surface area contributed by atoms with Crippen molar-refractivity contribution < 1.29 is 13.3 Å². The van der Waals surface area contributed by atoms with Gasteiger partial charge >= 0.3 is 5.95 Å². The van der Waals surface area contributed by atoms with Gasteiger partial charge < -0.3 is 0 Å². The third kappa shape index (κ3) is 1.53. The first-order chi connectivity index (χ1) is 9.90. The predicted octanol–water partition coefficient (Wildman–Crippen LogP) is 3.83. The van der Waals surface area contributed by atoms with E-state index in [9.17, 15) is 4.39 Å². The van der Waals surface area contributed by atoms with Crippen molar-refractivity contribution in [2.24, 2.45) is 7.05 Å². The van der Waals surface area contributed by atoms with Crippen LogP contribution in [0.1, 0.15) is 39.2 Å². The van der Waals surface area contributed by atoms with E-state index in [4.69, 9.17) is 0 Å². The highest BCUT2D eigenvalue weighted by molar-refractivity contribution is 5.62. The van der Waals surface area contributed by atoms with E-state index in [-0.39, 0.29) is 0 Å². The molecule has 112 valence electrons. The van der Waals surface area contributed by atoms with Crippen LogP contribution in [0.2, 0.25) is 0 Å². The molecule has 0 amide bonds. The van der Waals surface area contributed by atoms with Crippen LogP contribution in [-0.2, 0) is 18.3 Å². The zero-order valence-corrected chi connectivity index (χ0v) is 13.0. The Balaban J connectivity index is 2.46. The number of alkyl halides is 1. The monoisotopic (exact) mass is 291 g/mol. The summed E-state index contributed by atoms with van der Waals surface area (Å²) in [5.41, 5.74) is 1.19. The number of benzene rings is 1. The number of aromatic nitrogens is 2. The van der Waals surface area contributed by atoms with Crippen LogP contribution in [0.4, 0.5) is 8.78 Å². The summed E-state index contributed by atoms with van der Waals surface area (Å²) in [5, 5.41) is 0. The third-order valence-corrected chi connectivity index (χ3v) is 5.27. The molecule has 0 aliphatic carbocycles. The highest BCUT2D eigenvalue weighted by Crippen LogP contribution is 2.50. The fourth-order valence-electron chi connectivity index (χ4n) is 3.75. The molecule has 4 heteroatoms. The summed E-state index contributed by atoms with van der Waals surface area (Å²) in [4.78, 5) is 0. The molecule has 0 bridgehead atoms. The quantitative estimate of drug-likeness (QED) is 0.744. The Morgan fingerprint density at radius 3 is 2.48 bits per heavy atom. The molecule has 2 aromatic rings. The predicted molar refractivity (Wildman–Crippen MR) is 78.0 cm³/mol. The van der Waals surface area contributed by atoms with Gasteiger partial charge in [0.25, 0.3) is 11.6 Å². The number of fused-ring (bicyclic) bond motifs is 3. The first kappa shape index (κ1) is 14.2. The van der Waals surface area contributed by atoms with Crippen molar-refractivity contribution in [1.29, 1.82) is 0 Å². The van der Waals surface area contributed by atoms with Crippen LogP contribution in [0.15, 0.2) is 30.5 Å². The summed E-state index contributed by atoms with van der Waals surface area (Å²) < 4.78 is 33.0. The van der Waals surface area contributed by atoms with E-state index in [1.54, 1.807) is 7.05 Å². The molecule has 0 radical (unpaired) electrons. The van der Waals surface area contributed by atoms with Gasteiger partial charge in [-0.25, -0.2) is 4.57 Å². The molecule has 0 saturated heterocycles. The Kier molecular flexibility index (Phi) is 2.98. The molecule has 0 fully saturated rings. The summed E-state index contributed by atoms with van der Waals surface area (Å²) in [6.45, 7) is 5.76. The average molecular weight is 291 g/mol. The van der Waals surface area contributed by atoms with Crippen LogP contribution in [0.25, 0.3) is 11.4 Å². The number of rotatable bonds is 2. The first-order valence-electron chi connectivity index (χ1n) is 7.47. The second-order valence-corrected chi connectivity index (χ2v) is 6.05. The van der Waals surface area contributed by atoms with E-state index < -0.39 is 17.2 Å². The molecule has 0 N–H and O–H groups in total. The standard InChI is InChI=1S/C17H21F2N2/c1-5-16(3)13-10-8-7-9-12(13)15-20(4)14(18)11-21(15)17(16,19)6-2/h7-11H,5-6H2,1-4H3/q+1/t16?,17-/m1/s1. The highest BCUT2D eigenvalue weighted by Gasteiger charge is 2.59. The number of hydrogen-bond donors (Lipinski definition) is 0. The van der Waals surface area contributed by atoms with Crippen LogP contribution in [0.3, 0.4) is 0 Å². The third-order valence-electron chi connectivity index (χ3n) is 5.27. The molecule has 1 aliphatic heterocycles. The van der Waals surface area contributed by atoms with Gasteiger partial charge in [0.2, 0.25) is 0 Å². The van der Waals surface area contributed by atoms with E-state index in [1.165, 1.54) is 15.3 Å². The largest absolute Gasteiger partial charge is 0.317 e. The molecule has 2 nitrogen and oxygen atoms in total. The lowest BCUT2D eigenvalue weighted by Gasteiger charge is -2.43.